The molecule has 3 N–H and O–H groups in total. The number of nitrogens with one attached hydrogen (secondary N) is 1. The van der Waals surface area contributed by atoms with Gasteiger partial charge in [0.05, 0.1) is 17.9 Å². The number of carbonyl (C=O) groups is 2. The fraction of sp³-hybridized carbons (Fsp3) is 0.450. The van der Waals surface area contributed by atoms with Crippen molar-refractivity contribution in [2.24, 2.45) is 11.8 Å². The van der Waals surface area contributed by atoms with Gasteiger partial charge in [-0.3, -0.25) is 9.59 Å². The van der Waals surface area contributed by atoms with Crippen molar-refractivity contribution in [2.75, 3.05) is 17.6 Å². The number of likely N-dealkylation sites (tertiary alicyclic amines) is 1. The van der Waals surface area contributed by atoms with E-state index in [2.05, 4.69) is 24.1 Å². The Bertz CT molecular complexity index is 821. The summed E-state index contributed by atoms with van der Waals surface area (Å²) in [5.74, 6) is -0.0695. The van der Waals surface area contributed by atoms with Crippen molar-refractivity contribution in [2.45, 2.75) is 39.7 Å². The first-order valence-electron chi connectivity index (χ1n) is 9.24. The van der Waals surface area contributed by atoms with Crippen molar-refractivity contribution in [1.82, 2.24) is 9.88 Å². The van der Waals surface area contributed by atoms with Crippen LogP contribution in [0.15, 0.2) is 29.8 Å². The number of hydrogen-bond donors (Lipinski definition) is 2. The number of pyridine rings is 1. The van der Waals surface area contributed by atoms with Crippen LogP contribution in [0.2, 0.25) is 0 Å². The second-order valence-corrected chi connectivity index (χ2v) is 8.44. The highest BCUT2D eigenvalue weighted by Gasteiger charge is 2.36. The van der Waals surface area contributed by atoms with Gasteiger partial charge in [-0.05, 0) is 54.7 Å². The summed E-state index contributed by atoms with van der Waals surface area (Å²) in [5.41, 5.74) is 6.95. The molecular weight excluding hydrogens is 360 g/mol. The number of nitrogens with zero attached hydrogens (tertiary/aromatic N) is 2. The summed E-state index contributed by atoms with van der Waals surface area (Å²) in [7, 11) is 0. The number of hydrogen-bond acceptors (Lipinski definition) is 5. The average Bonchev–Trinajstić information content (AvgIpc) is 3.11. The van der Waals surface area contributed by atoms with Gasteiger partial charge in [0.15, 0.2) is 0 Å². The summed E-state index contributed by atoms with van der Waals surface area (Å²) < 4.78 is 0. The van der Waals surface area contributed by atoms with E-state index in [0.29, 0.717) is 29.9 Å². The van der Waals surface area contributed by atoms with Crippen molar-refractivity contribution in [3.63, 3.8) is 0 Å². The van der Waals surface area contributed by atoms with Gasteiger partial charge in [0.1, 0.15) is 5.82 Å². The second kappa shape index (κ2) is 8.08. The lowest BCUT2D eigenvalue weighted by Gasteiger charge is -2.33. The minimum Gasteiger partial charge on any atom is -0.383 e. The van der Waals surface area contributed by atoms with Gasteiger partial charge in [-0.15, -0.1) is 11.3 Å². The smallest absolute Gasteiger partial charge is 0.313 e. The third-order valence-corrected chi connectivity index (χ3v) is 6.11. The molecule has 1 fully saturated rings. The molecule has 3 rings (SSSR count). The first-order valence-corrected chi connectivity index (χ1v) is 10.1. The Balaban J connectivity index is 1.84. The van der Waals surface area contributed by atoms with Crippen LogP contribution in [0.25, 0.3) is 0 Å². The second-order valence-electron chi connectivity index (χ2n) is 7.46. The minimum absolute atomic E-state index is 0.0699. The Kier molecular flexibility index (Phi) is 5.79. The summed E-state index contributed by atoms with van der Waals surface area (Å²) in [6.45, 7) is 6.69. The maximum Gasteiger partial charge on any atom is 0.313 e. The Morgan fingerprint density at radius 1 is 1.33 bits per heavy atom. The first kappa shape index (κ1) is 19.4. The monoisotopic (exact) mass is 386 g/mol. The molecule has 1 saturated heterocycles. The molecule has 3 heterocycles. The quantitative estimate of drug-likeness (QED) is 0.772. The Hall–Kier alpha value is -2.41. The molecule has 0 unspecified atom stereocenters. The number of nitrogens with two attached hydrogens (primary N) is 1. The lowest BCUT2D eigenvalue weighted by Crippen LogP contribution is -2.44. The number of anilines is 2. The van der Waals surface area contributed by atoms with Crippen molar-refractivity contribution in [3.05, 3.63) is 40.2 Å². The molecule has 2 amide bonds. The van der Waals surface area contributed by atoms with Crippen molar-refractivity contribution < 1.29 is 9.59 Å². The standard InChI is InChI=1S/C20H26N4O2S/c1-12-6-7-13(2)17(16-5-4-8-27-16)24(11-12)20(26)19(25)23-15-9-14(3)18(21)22-10-15/h4-5,8-10,12-13,17H,6-7,11H2,1-3H3,(H2,21,22)(H,23,25)/t12-,13+,17+/m1/s1. The molecule has 0 saturated carbocycles. The molecule has 1 aliphatic rings. The molecule has 0 aromatic carbocycles. The molecule has 7 heteroatoms. The molecular formula is C20H26N4O2S. The number of carbonyl (C=O) groups excluding carboxylic acids is 2. The van der Waals surface area contributed by atoms with E-state index in [1.165, 1.54) is 6.20 Å². The van der Waals surface area contributed by atoms with Gasteiger partial charge in [0, 0.05) is 11.4 Å². The van der Waals surface area contributed by atoms with E-state index >= 15 is 0 Å². The van der Waals surface area contributed by atoms with Crippen LogP contribution in [0.3, 0.4) is 0 Å². The zero-order valence-corrected chi connectivity index (χ0v) is 16.8. The lowest BCUT2D eigenvalue weighted by molar-refractivity contribution is -0.145. The molecule has 0 aliphatic carbocycles. The first-order chi connectivity index (χ1) is 12.9. The van der Waals surface area contributed by atoms with Gasteiger partial charge in [-0.25, -0.2) is 4.98 Å². The van der Waals surface area contributed by atoms with E-state index in [-0.39, 0.29) is 6.04 Å². The van der Waals surface area contributed by atoms with Gasteiger partial charge in [-0.1, -0.05) is 19.9 Å². The molecule has 144 valence electrons. The van der Waals surface area contributed by atoms with Crippen LogP contribution in [0.5, 0.6) is 0 Å². The molecule has 6 nitrogen and oxygen atoms in total. The molecule has 1 aliphatic heterocycles. The van der Waals surface area contributed by atoms with Crippen molar-refractivity contribution in [1.29, 1.82) is 0 Å². The Morgan fingerprint density at radius 3 is 2.78 bits per heavy atom. The highest BCUT2D eigenvalue weighted by molar-refractivity contribution is 7.10. The number of aromatic nitrogens is 1. The third kappa shape index (κ3) is 4.30. The van der Waals surface area contributed by atoms with Crippen LogP contribution < -0.4 is 11.1 Å². The molecule has 0 bridgehead atoms. The Morgan fingerprint density at radius 2 is 2.11 bits per heavy atom. The van der Waals surface area contributed by atoms with Crippen LogP contribution >= 0.6 is 11.3 Å². The zero-order chi connectivity index (χ0) is 19.6. The highest BCUT2D eigenvalue weighted by atomic mass is 32.1. The van der Waals surface area contributed by atoms with E-state index in [9.17, 15) is 9.59 Å². The summed E-state index contributed by atoms with van der Waals surface area (Å²) in [6.07, 6.45) is 3.56. The minimum atomic E-state index is -0.635. The largest absolute Gasteiger partial charge is 0.383 e. The number of thiophene rings is 1. The number of nitrogen functional groups attached to an aromatic ring is 1. The van der Waals surface area contributed by atoms with Crippen molar-refractivity contribution in [3.8, 4) is 0 Å². The fourth-order valence-corrected chi connectivity index (χ4v) is 4.59. The predicted molar refractivity (Wildman–Crippen MR) is 108 cm³/mol. The van der Waals surface area contributed by atoms with E-state index in [1.807, 2.05) is 24.4 Å². The van der Waals surface area contributed by atoms with Gasteiger partial charge in [0.25, 0.3) is 0 Å². The topological polar surface area (TPSA) is 88.3 Å². The summed E-state index contributed by atoms with van der Waals surface area (Å²) >= 11 is 1.63. The predicted octanol–water partition coefficient (Wildman–Crippen LogP) is 3.61. The van der Waals surface area contributed by atoms with E-state index < -0.39 is 11.8 Å². The van der Waals surface area contributed by atoms with Crippen LogP contribution in [0, 0.1) is 18.8 Å². The van der Waals surface area contributed by atoms with Gasteiger partial charge in [-0.2, -0.15) is 0 Å². The number of amides is 2. The number of rotatable bonds is 2. The molecule has 0 radical (unpaired) electrons. The normalized spacial score (nSPS) is 22.9. The molecule has 0 spiro atoms. The summed E-state index contributed by atoms with van der Waals surface area (Å²) in [6, 6.07) is 5.69. The van der Waals surface area contributed by atoms with Crippen LogP contribution in [-0.4, -0.2) is 28.2 Å². The molecule has 2 aromatic rings. The fourth-order valence-electron chi connectivity index (χ4n) is 3.62. The summed E-state index contributed by atoms with van der Waals surface area (Å²) in [5, 5.41) is 4.69. The molecule has 2 aromatic heterocycles. The average molecular weight is 387 g/mol. The Labute approximate surface area is 163 Å². The van der Waals surface area contributed by atoms with Crippen LogP contribution in [-0.2, 0) is 9.59 Å². The highest BCUT2D eigenvalue weighted by Crippen LogP contribution is 2.38. The third-order valence-electron chi connectivity index (χ3n) is 5.16. The van der Waals surface area contributed by atoms with E-state index in [1.54, 1.807) is 22.3 Å². The number of aryl methyl sites for hydroxylation is 1. The lowest BCUT2D eigenvalue weighted by atomic mass is 9.94. The summed E-state index contributed by atoms with van der Waals surface area (Å²) in [4.78, 5) is 32.7. The van der Waals surface area contributed by atoms with E-state index in [4.69, 9.17) is 5.73 Å². The maximum absolute atomic E-state index is 13.1. The maximum atomic E-state index is 13.1. The van der Waals surface area contributed by atoms with Gasteiger partial charge < -0.3 is 16.0 Å². The van der Waals surface area contributed by atoms with Crippen LogP contribution in [0.1, 0.15) is 43.2 Å². The zero-order valence-electron chi connectivity index (χ0n) is 15.9. The van der Waals surface area contributed by atoms with Gasteiger partial charge in [0.2, 0.25) is 0 Å². The molecule has 3 atom stereocenters. The van der Waals surface area contributed by atoms with Gasteiger partial charge >= 0.3 is 11.8 Å². The van der Waals surface area contributed by atoms with E-state index in [0.717, 1.165) is 23.3 Å². The molecule has 27 heavy (non-hydrogen) atoms. The van der Waals surface area contributed by atoms with Crippen LogP contribution in [0.4, 0.5) is 11.5 Å². The SMILES string of the molecule is Cc1cc(NC(=O)C(=O)N2C[C@H](C)CC[C@H](C)[C@H]2c2cccs2)cnc1N. The van der Waals surface area contributed by atoms with Crippen molar-refractivity contribution >= 4 is 34.7 Å².